The van der Waals surface area contributed by atoms with Gasteiger partial charge in [0.05, 0.1) is 0 Å². The molecule has 0 atom stereocenters. The van der Waals surface area contributed by atoms with E-state index in [1.165, 1.54) is 11.1 Å². The van der Waals surface area contributed by atoms with Crippen LogP contribution in [0.5, 0.6) is 0 Å². The molecule has 0 saturated heterocycles. The molecule has 90 valence electrons. The predicted molar refractivity (Wildman–Crippen MR) is 72.1 cm³/mol. The number of anilines is 1. The predicted octanol–water partition coefficient (Wildman–Crippen LogP) is 3.13. The Labute approximate surface area is 107 Å². The molecule has 3 heteroatoms. The number of rotatable bonds is 4. The summed E-state index contributed by atoms with van der Waals surface area (Å²) in [6, 6.07) is 14.2. The van der Waals surface area contributed by atoms with Crippen molar-refractivity contribution in [2.45, 2.75) is 19.9 Å². The number of hydrogen-bond acceptors (Lipinski definition) is 3. The number of nitrogens with one attached hydrogen (secondary N) is 1. The number of aryl methyl sites for hydroxylation is 1. The molecule has 0 radical (unpaired) electrons. The maximum Gasteiger partial charge on any atom is 0.142 e. The highest BCUT2D eigenvalue weighted by Crippen LogP contribution is 2.10. The molecule has 0 aliphatic rings. The van der Waals surface area contributed by atoms with Crippen molar-refractivity contribution in [1.29, 1.82) is 5.26 Å². The average Bonchev–Trinajstić information content (AvgIpc) is 2.46. The van der Waals surface area contributed by atoms with Crippen LogP contribution in [0.15, 0.2) is 42.6 Å². The normalized spacial score (nSPS) is 9.78. The van der Waals surface area contributed by atoms with Gasteiger partial charge in [0.25, 0.3) is 0 Å². The third kappa shape index (κ3) is 3.08. The molecule has 1 aromatic heterocycles. The molecule has 0 fully saturated rings. The van der Waals surface area contributed by atoms with E-state index < -0.39 is 0 Å². The van der Waals surface area contributed by atoms with Gasteiger partial charge >= 0.3 is 0 Å². The van der Waals surface area contributed by atoms with E-state index >= 15 is 0 Å². The zero-order valence-corrected chi connectivity index (χ0v) is 10.4. The summed E-state index contributed by atoms with van der Waals surface area (Å²) in [5.74, 6) is 0. The molecule has 2 aromatic rings. The van der Waals surface area contributed by atoms with Gasteiger partial charge in [0.15, 0.2) is 0 Å². The van der Waals surface area contributed by atoms with Crippen molar-refractivity contribution in [3.63, 3.8) is 0 Å². The minimum Gasteiger partial charge on any atom is -0.381 e. The van der Waals surface area contributed by atoms with E-state index in [0.29, 0.717) is 5.69 Å². The minimum atomic E-state index is 0.432. The van der Waals surface area contributed by atoms with Gasteiger partial charge in [-0.25, -0.2) is 4.98 Å². The Morgan fingerprint density at radius 2 is 1.89 bits per heavy atom. The third-order valence-electron chi connectivity index (χ3n) is 2.80. The summed E-state index contributed by atoms with van der Waals surface area (Å²) in [5.41, 5.74) is 3.92. The Morgan fingerprint density at radius 3 is 2.56 bits per heavy atom. The van der Waals surface area contributed by atoms with E-state index in [0.717, 1.165) is 18.7 Å². The van der Waals surface area contributed by atoms with Crippen LogP contribution in [-0.4, -0.2) is 4.98 Å². The molecule has 1 N–H and O–H groups in total. The van der Waals surface area contributed by atoms with E-state index in [2.05, 4.69) is 41.5 Å². The first-order chi connectivity index (χ1) is 8.81. The van der Waals surface area contributed by atoms with Gasteiger partial charge in [-0.15, -0.1) is 0 Å². The third-order valence-corrected chi connectivity index (χ3v) is 2.80. The summed E-state index contributed by atoms with van der Waals surface area (Å²) in [7, 11) is 0. The Kier molecular flexibility index (Phi) is 3.93. The smallest absolute Gasteiger partial charge is 0.142 e. The van der Waals surface area contributed by atoms with Crippen molar-refractivity contribution in [3.8, 4) is 6.07 Å². The van der Waals surface area contributed by atoms with Crippen molar-refractivity contribution in [2.24, 2.45) is 0 Å². The zero-order chi connectivity index (χ0) is 12.8. The molecule has 0 amide bonds. The van der Waals surface area contributed by atoms with Crippen molar-refractivity contribution in [1.82, 2.24) is 4.98 Å². The van der Waals surface area contributed by atoms with Crippen LogP contribution in [0.2, 0.25) is 0 Å². The van der Waals surface area contributed by atoms with Gasteiger partial charge < -0.3 is 5.32 Å². The lowest BCUT2D eigenvalue weighted by Crippen LogP contribution is -2.00. The number of nitrogens with zero attached hydrogens (tertiary/aromatic N) is 2. The standard InChI is InChI=1S/C15H15N3/c1-2-12-3-5-13(6-4-12)11-18-14-7-8-17-15(9-14)10-16/h3-9H,2,11H2,1H3,(H,17,18). The second-order valence-corrected chi connectivity index (χ2v) is 4.07. The van der Waals surface area contributed by atoms with E-state index in [1.807, 2.05) is 12.1 Å². The van der Waals surface area contributed by atoms with Gasteiger partial charge in [0.1, 0.15) is 11.8 Å². The Bertz CT molecular complexity index is 553. The maximum absolute atomic E-state index is 8.76. The Balaban J connectivity index is 2.00. The van der Waals surface area contributed by atoms with Crippen LogP contribution in [-0.2, 0) is 13.0 Å². The summed E-state index contributed by atoms with van der Waals surface area (Å²) in [6.45, 7) is 2.90. The fourth-order valence-corrected chi connectivity index (χ4v) is 1.70. The monoisotopic (exact) mass is 237 g/mol. The first kappa shape index (κ1) is 12.1. The molecule has 3 nitrogen and oxygen atoms in total. The lowest BCUT2D eigenvalue weighted by atomic mass is 10.1. The van der Waals surface area contributed by atoms with Gasteiger partial charge in [0, 0.05) is 18.4 Å². The van der Waals surface area contributed by atoms with Gasteiger partial charge in [-0.1, -0.05) is 31.2 Å². The summed E-state index contributed by atoms with van der Waals surface area (Å²) in [5, 5.41) is 12.0. The second-order valence-electron chi connectivity index (χ2n) is 4.07. The number of benzene rings is 1. The largest absolute Gasteiger partial charge is 0.381 e. The molecule has 0 bridgehead atoms. The van der Waals surface area contributed by atoms with Gasteiger partial charge in [0.2, 0.25) is 0 Å². The van der Waals surface area contributed by atoms with Crippen LogP contribution in [0.1, 0.15) is 23.7 Å². The molecule has 18 heavy (non-hydrogen) atoms. The van der Waals surface area contributed by atoms with Crippen LogP contribution in [0.4, 0.5) is 5.69 Å². The highest BCUT2D eigenvalue weighted by molar-refractivity contribution is 5.46. The van der Waals surface area contributed by atoms with Gasteiger partial charge in [-0.2, -0.15) is 5.26 Å². The topological polar surface area (TPSA) is 48.7 Å². The highest BCUT2D eigenvalue weighted by atomic mass is 14.9. The molecule has 0 aliphatic carbocycles. The maximum atomic E-state index is 8.76. The zero-order valence-electron chi connectivity index (χ0n) is 10.4. The van der Waals surface area contributed by atoms with Crippen molar-refractivity contribution in [3.05, 3.63) is 59.4 Å². The summed E-state index contributed by atoms with van der Waals surface area (Å²) >= 11 is 0. The Hall–Kier alpha value is -2.34. The SMILES string of the molecule is CCc1ccc(CNc2ccnc(C#N)c2)cc1. The first-order valence-electron chi connectivity index (χ1n) is 5.99. The molecule has 0 aliphatic heterocycles. The number of hydrogen-bond donors (Lipinski definition) is 1. The lowest BCUT2D eigenvalue weighted by Gasteiger charge is -2.07. The summed E-state index contributed by atoms with van der Waals surface area (Å²) < 4.78 is 0. The summed E-state index contributed by atoms with van der Waals surface area (Å²) in [4.78, 5) is 3.93. The number of aromatic nitrogens is 1. The average molecular weight is 237 g/mol. The van der Waals surface area contributed by atoms with Gasteiger partial charge in [-0.05, 0) is 29.7 Å². The van der Waals surface area contributed by atoms with E-state index in [-0.39, 0.29) is 0 Å². The van der Waals surface area contributed by atoms with Crippen LogP contribution in [0.25, 0.3) is 0 Å². The molecular weight excluding hydrogens is 222 g/mol. The fourth-order valence-electron chi connectivity index (χ4n) is 1.70. The highest BCUT2D eigenvalue weighted by Gasteiger charge is 1.97. The van der Waals surface area contributed by atoms with Crippen molar-refractivity contribution < 1.29 is 0 Å². The quantitative estimate of drug-likeness (QED) is 0.888. The van der Waals surface area contributed by atoms with Crippen LogP contribution in [0.3, 0.4) is 0 Å². The molecule has 0 unspecified atom stereocenters. The molecular formula is C15H15N3. The second kappa shape index (κ2) is 5.83. The number of pyridine rings is 1. The Morgan fingerprint density at radius 1 is 1.17 bits per heavy atom. The van der Waals surface area contributed by atoms with Gasteiger partial charge in [-0.3, -0.25) is 0 Å². The van der Waals surface area contributed by atoms with Crippen molar-refractivity contribution in [2.75, 3.05) is 5.32 Å². The van der Waals surface area contributed by atoms with Crippen LogP contribution >= 0.6 is 0 Å². The first-order valence-corrected chi connectivity index (χ1v) is 5.99. The fraction of sp³-hybridized carbons (Fsp3) is 0.200. The number of nitriles is 1. The molecule has 2 rings (SSSR count). The van der Waals surface area contributed by atoms with Crippen LogP contribution < -0.4 is 5.32 Å². The lowest BCUT2D eigenvalue weighted by molar-refractivity contribution is 1.10. The van der Waals surface area contributed by atoms with E-state index in [9.17, 15) is 0 Å². The molecule has 0 spiro atoms. The van der Waals surface area contributed by atoms with E-state index in [1.54, 1.807) is 12.3 Å². The van der Waals surface area contributed by atoms with E-state index in [4.69, 9.17) is 5.26 Å². The van der Waals surface area contributed by atoms with Crippen molar-refractivity contribution >= 4 is 5.69 Å². The van der Waals surface area contributed by atoms with Crippen LogP contribution in [0, 0.1) is 11.3 Å². The molecule has 1 heterocycles. The summed E-state index contributed by atoms with van der Waals surface area (Å²) in [6.07, 6.45) is 2.70. The minimum absolute atomic E-state index is 0.432. The molecule has 0 saturated carbocycles. The molecule has 1 aromatic carbocycles.